The summed E-state index contributed by atoms with van der Waals surface area (Å²) in [4.78, 5) is 4.95. The Balaban J connectivity index is 1.82. The molecule has 0 amide bonds. The summed E-state index contributed by atoms with van der Waals surface area (Å²) in [5, 5.41) is 1.14. The molecule has 0 spiro atoms. The first kappa shape index (κ1) is 13.3. The summed E-state index contributed by atoms with van der Waals surface area (Å²) in [6.45, 7) is 0. The van der Waals surface area contributed by atoms with E-state index < -0.39 is 0 Å². The van der Waals surface area contributed by atoms with Crippen molar-refractivity contribution in [2.24, 2.45) is 0 Å². The van der Waals surface area contributed by atoms with E-state index in [0.29, 0.717) is 0 Å². The first-order valence-corrected chi connectivity index (χ1v) is 8.11. The fourth-order valence-electron chi connectivity index (χ4n) is 3.38. The van der Waals surface area contributed by atoms with Crippen LogP contribution in [0.5, 0.6) is 5.75 Å². The Morgan fingerprint density at radius 1 is 0.750 bits per heavy atom. The van der Waals surface area contributed by atoms with Crippen molar-refractivity contribution in [1.29, 1.82) is 0 Å². The third-order valence-electron chi connectivity index (χ3n) is 4.53. The maximum absolute atomic E-state index is 6.35. The Morgan fingerprint density at radius 3 is 2.42 bits per heavy atom. The van der Waals surface area contributed by atoms with E-state index in [0.717, 1.165) is 39.0 Å². The van der Waals surface area contributed by atoms with Gasteiger partial charge in [-0.05, 0) is 29.8 Å². The third-order valence-corrected chi connectivity index (χ3v) is 4.53. The van der Waals surface area contributed by atoms with Gasteiger partial charge in [-0.1, -0.05) is 60.7 Å². The second-order valence-corrected chi connectivity index (χ2v) is 6.02. The molecule has 0 radical (unpaired) electrons. The second-order valence-electron chi connectivity index (χ2n) is 6.02. The second kappa shape index (κ2) is 5.20. The topological polar surface area (TPSA) is 22.1 Å². The number of hydrogen-bond donors (Lipinski definition) is 0. The number of aromatic nitrogens is 1. The Hall–Kier alpha value is -3.13. The summed E-state index contributed by atoms with van der Waals surface area (Å²) < 4.78 is 6.35. The largest absolute Gasteiger partial charge is 0.480 e. The van der Waals surface area contributed by atoms with Crippen LogP contribution in [0, 0.1) is 0 Å². The van der Waals surface area contributed by atoms with Crippen LogP contribution in [0.2, 0.25) is 0 Å². The number of benzene rings is 3. The van der Waals surface area contributed by atoms with Crippen LogP contribution in [0.4, 0.5) is 0 Å². The molecule has 1 atom stereocenters. The lowest BCUT2D eigenvalue weighted by Crippen LogP contribution is -2.16. The van der Waals surface area contributed by atoms with Crippen LogP contribution in [0.15, 0.2) is 84.9 Å². The summed E-state index contributed by atoms with van der Waals surface area (Å²) in [6.07, 6.45) is -0.131. The van der Waals surface area contributed by atoms with Crippen molar-refractivity contribution < 1.29 is 4.74 Å². The van der Waals surface area contributed by atoms with Crippen LogP contribution < -0.4 is 4.74 Å². The molecule has 1 aliphatic rings. The van der Waals surface area contributed by atoms with Crippen molar-refractivity contribution in [2.75, 3.05) is 0 Å². The van der Waals surface area contributed by atoms with Crippen LogP contribution in [-0.2, 0) is 0 Å². The van der Waals surface area contributed by atoms with Gasteiger partial charge in [0.25, 0.3) is 0 Å². The molecule has 5 rings (SSSR count). The maximum atomic E-state index is 6.35. The van der Waals surface area contributed by atoms with Crippen LogP contribution in [0.1, 0.15) is 17.2 Å². The van der Waals surface area contributed by atoms with Crippen LogP contribution in [0.25, 0.3) is 22.2 Å². The van der Waals surface area contributed by atoms with Gasteiger partial charge in [0, 0.05) is 16.5 Å². The van der Waals surface area contributed by atoms with Crippen molar-refractivity contribution >= 4 is 10.9 Å². The molecule has 24 heavy (non-hydrogen) atoms. The first-order chi connectivity index (χ1) is 11.9. The maximum Gasteiger partial charge on any atom is 0.151 e. The van der Waals surface area contributed by atoms with Crippen molar-refractivity contribution in [2.45, 2.75) is 6.10 Å². The highest BCUT2D eigenvalue weighted by molar-refractivity contribution is 5.85. The number of hydrogen-bond acceptors (Lipinski definition) is 2. The summed E-state index contributed by atoms with van der Waals surface area (Å²) >= 11 is 0. The smallest absolute Gasteiger partial charge is 0.151 e. The van der Waals surface area contributed by atoms with E-state index in [4.69, 9.17) is 9.72 Å². The minimum atomic E-state index is -0.131. The lowest BCUT2D eigenvalue weighted by molar-refractivity contribution is 0.243. The number of ether oxygens (including phenoxy) is 1. The Labute approximate surface area is 140 Å². The molecule has 0 bridgehead atoms. The number of para-hydroxylation sites is 2. The van der Waals surface area contributed by atoms with E-state index in [1.54, 1.807) is 0 Å². The van der Waals surface area contributed by atoms with Gasteiger partial charge in [-0.25, -0.2) is 4.98 Å². The van der Waals surface area contributed by atoms with Gasteiger partial charge in [-0.15, -0.1) is 0 Å². The number of pyridine rings is 1. The lowest BCUT2D eigenvalue weighted by atomic mass is 9.92. The fourth-order valence-corrected chi connectivity index (χ4v) is 3.38. The van der Waals surface area contributed by atoms with Crippen LogP contribution in [0.3, 0.4) is 0 Å². The Kier molecular flexibility index (Phi) is 2.89. The zero-order chi connectivity index (χ0) is 15.9. The van der Waals surface area contributed by atoms with Gasteiger partial charge >= 0.3 is 0 Å². The Bertz CT molecular complexity index is 1040. The van der Waals surface area contributed by atoms with Gasteiger partial charge in [-0.2, -0.15) is 0 Å². The van der Waals surface area contributed by atoms with Crippen molar-refractivity contribution in [3.8, 4) is 17.0 Å². The summed E-state index contributed by atoms with van der Waals surface area (Å²) in [6, 6.07) is 28.9. The zero-order valence-electron chi connectivity index (χ0n) is 13.0. The quantitative estimate of drug-likeness (QED) is 0.471. The lowest BCUT2D eigenvalue weighted by Gasteiger charge is -2.28. The molecule has 3 aromatic carbocycles. The molecule has 0 saturated heterocycles. The number of nitrogens with zero attached hydrogens (tertiary/aromatic N) is 1. The van der Waals surface area contributed by atoms with E-state index in [2.05, 4.69) is 36.4 Å². The number of fused-ring (bicyclic) bond motifs is 4. The average molecular weight is 309 g/mol. The molecule has 2 nitrogen and oxygen atoms in total. The molecule has 0 aliphatic carbocycles. The van der Waals surface area contributed by atoms with Crippen molar-refractivity contribution in [3.05, 3.63) is 96.1 Å². The molecule has 1 unspecified atom stereocenters. The van der Waals surface area contributed by atoms with Crippen molar-refractivity contribution in [3.63, 3.8) is 0 Å². The summed E-state index contributed by atoms with van der Waals surface area (Å²) in [5.41, 5.74) is 5.36. The predicted molar refractivity (Wildman–Crippen MR) is 96.1 cm³/mol. The summed E-state index contributed by atoms with van der Waals surface area (Å²) in [5.74, 6) is 0.890. The van der Waals surface area contributed by atoms with Gasteiger partial charge < -0.3 is 4.74 Å². The molecule has 4 aromatic rings. The highest BCUT2D eigenvalue weighted by atomic mass is 16.5. The SMILES string of the molecule is c1ccc(C2Oc3ccccc3-c3nc4ccccc4cc32)cc1. The van der Waals surface area contributed by atoms with Crippen LogP contribution >= 0.6 is 0 Å². The molecule has 0 N–H and O–H groups in total. The van der Waals surface area contributed by atoms with Gasteiger partial charge in [-0.3, -0.25) is 0 Å². The molecule has 1 aliphatic heterocycles. The van der Waals surface area contributed by atoms with Crippen molar-refractivity contribution in [1.82, 2.24) is 4.98 Å². The van der Waals surface area contributed by atoms with E-state index in [1.807, 2.05) is 48.5 Å². The predicted octanol–water partition coefficient (Wildman–Crippen LogP) is 5.38. The number of rotatable bonds is 1. The molecule has 0 fully saturated rings. The zero-order valence-corrected chi connectivity index (χ0v) is 13.0. The van der Waals surface area contributed by atoms with Gasteiger partial charge in [0.05, 0.1) is 11.2 Å². The highest BCUT2D eigenvalue weighted by Crippen LogP contribution is 2.44. The molecular formula is C22H15NO. The van der Waals surface area contributed by atoms with Gasteiger partial charge in [0.15, 0.2) is 6.10 Å². The van der Waals surface area contributed by atoms with Gasteiger partial charge in [0.1, 0.15) is 5.75 Å². The normalized spacial score (nSPS) is 15.4. The minimum absolute atomic E-state index is 0.131. The molecule has 114 valence electrons. The molecule has 2 heteroatoms. The Morgan fingerprint density at radius 2 is 1.50 bits per heavy atom. The summed E-state index contributed by atoms with van der Waals surface area (Å²) in [7, 11) is 0. The fraction of sp³-hybridized carbons (Fsp3) is 0.0455. The van der Waals surface area contributed by atoms with Crippen LogP contribution in [-0.4, -0.2) is 4.98 Å². The van der Waals surface area contributed by atoms with E-state index in [9.17, 15) is 0 Å². The van der Waals surface area contributed by atoms with E-state index >= 15 is 0 Å². The van der Waals surface area contributed by atoms with E-state index in [1.165, 1.54) is 0 Å². The first-order valence-electron chi connectivity index (χ1n) is 8.11. The highest BCUT2D eigenvalue weighted by Gasteiger charge is 2.28. The van der Waals surface area contributed by atoms with E-state index in [-0.39, 0.29) is 6.10 Å². The van der Waals surface area contributed by atoms with Gasteiger partial charge in [0.2, 0.25) is 0 Å². The molecule has 0 saturated carbocycles. The monoisotopic (exact) mass is 309 g/mol. The average Bonchev–Trinajstić information content (AvgIpc) is 2.66. The minimum Gasteiger partial charge on any atom is -0.480 e. The molecule has 1 aromatic heterocycles. The molecule has 2 heterocycles. The third kappa shape index (κ3) is 2.00. The molecular weight excluding hydrogens is 294 g/mol. The standard InChI is InChI=1S/C22H15NO/c1-2-8-15(9-3-1)22-18-14-16-10-4-6-12-19(16)23-21(18)17-11-5-7-13-20(17)24-22/h1-14,22H.